The number of carboxylic acids is 1. The maximum Gasteiger partial charge on any atom is 0.331 e. The number of rotatable bonds is 6. The topological polar surface area (TPSA) is 62.2 Å². The van der Waals surface area contributed by atoms with Crippen molar-refractivity contribution in [3.05, 3.63) is 41.2 Å². The summed E-state index contributed by atoms with van der Waals surface area (Å²) in [5, 5.41) is 12.0. The van der Waals surface area contributed by atoms with Crippen LogP contribution in [0.1, 0.15) is 24.6 Å². The Labute approximate surface area is 101 Å². The molecule has 0 saturated carbocycles. The van der Waals surface area contributed by atoms with Crippen LogP contribution in [0, 0.1) is 6.92 Å². The number of nitrogens with one attached hydrogen (secondary N) is 1. The summed E-state index contributed by atoms with van der Waals surface area (Å²) in [5.41, 5.74) is 2.57. The zero-order valence-corrected chi connectivity index (χ0v) is 10.2. The molecule has 0 saturated heterocycles. The molecule has 4 nitrogen and oxygen atoms in total. The number of hydrogen-bond acceptors (Lipinski definition) is 3. The van der Waals surface area contributed by atoms with E-state index in [2.05, 4.69) is 10.3 Å². The van der Waals surface area contributed by atoms with Crippen molar-refractivity contribution in [2.24, 2.45) is 0 Å². The first-order chi connectivity index (χ1) is 8.15. The van der Waals surface area contributed by atoms with Crippen molar-refractivity contribution in [3.63, 3.8) is 0 Å². The van der Waals surface area contributed by atoms with Crippen LogP contribution in [0.5, 0.6) is 0 Å². The number of aryl methyl sites for hydroxylation is 1. The lowest BCUT2D eigenvalue weighted by Crippen LogP contribution is -2.16. The minimum Gasteiger partial charge on any atom is -0.478 e. The Balaban J connectivity index is 2.43. The van der Waals surface area contributed by atoms with E-state index in [0.29, 0.717) is 25.1 Å². The second-order valence-corrected chi connectivity index (χ2v) is 3.79. The highest BCUT2D eigenvalue weighted by Gasteiger charge is 2.02. The van der Waals surface area contributed by atoms with E-state index in [1.807, 2.05) is 26.0 Å². The van der Waals surface area contributed by atoms with Crippen LogP contribution >= 0.6 is 0 Å². The number of carbonyl (C=O) groups is 1. The fourth-order valence-corrected chi connectivity index (χ4v) is 1.47. The molecule has 0 aliphatic rings. The molecule has 0 amide bonds. The Morgan fingerprint density at radius 3 is 2.94 bits per heavy atom. The zero-order valence-electron chi connectivity index (χ0n) is 10.2. The summed E-state index contributed by atoms with van der Waals surface area (Å²) in [4.78, 5) is 15.0. The van der Waals surface area contributed by atoms with Crippen LogP contribution in [-0.2, 0) is 11.3 Å². The van der Waals surface area contributed by atoms with Crippen molar-refractivity contribution in [2.45, 2.75) is 26.8 Å². The van der Waals surface area contributed by atoms with Gasteiger partial charge in [-0.1, -0.05) is 19.1 Å². The number of aromatic nitrogens is 1. The van der Waals surface area contributed by atoms with Gasteiger partial charge in [-0.2, -0.15) is 0 Å². The van der Waals surface area contributed by atoms with Gasteiger partial charge in [-0.05, 0) is 25.0 Å². The van der Waals surface area contributed by atoms with Gasteiger partial charge in [0.2, 0.25) is 0 Å². The minimum absolute atomic E-state index is 0.440. The Hall–Kier alpha value is -1.68. The average Bonchev–Trinajstić information content (AvgIpc) is 2.31. The van der Waals surface area contributed by atoms with E-state index in [4.69, 9.17) is 5.11 Å². The second-order valence-electron chi connectivity index (χ2n) is 3.79. The summed E-state index contributed by atoms with van der Waals surface area (Å²) in [6.45, 7) is 5.04. The molecule has 1 rings (SSSR count). The second kappa shape index (κ2) is 6.81. The molecule has 1 aromatic heterocycles. The van der Waals surface area contributed by atoms with Crippen molar-refractivity contribution in [1.82, 2.24) is 10.3 Å². The Bertz CT molecular complexity index is 414. The largest absolute Gasteiger partial charge is 0.478 e. The third kappa shape index (κ3) is 4.36. The summed E-state index contributed by atoms with van der Waals surface area (Å²) >= 11 is 0. The van der Waals surface area contributed by atoms with E-state index in [9.17, 15) is 4.79 Å². The molecular weight excluding hydrogens is 216 g/mol. The standard InChI is InChI=1S/C13H18N2O2/c1-3-11(13(16)17)6-8-14-9-12-10(2)5-4-7-15-12/h4-7,14H,3,8-9H2,1-2H3,(H,16,17)/b11-6-. The molecule has 0 aliphatic carbocycles. The molecule has 0 aromatic carbocycles. The van der Waals surface area contributed by atoms with Gasteiger partial charge in [0.15, 0.2) is 0 Å². The highest BCUT2D eigenvalue weighted by molar-refractivity contribution is 5.86. The normalized spacial score (nSPS) is 11.5. The van der Waals surface area contributed by atoms with E-state index >= 15 is 0 Å². The van der Waals surface area contributed by atoms with Crippen LogP contribution in [0.2, 0.25) is 0 Å². The number of carboxylic acid groups (broad SMARTS) is 1. The molecule has 0 aliphatic heterocycles. The van der Waals surface area contributed by atoms with E-state index in [-0.39, 0.29) is 0 Å². The molecule has 0 radical (unpaired) electrons. The molecule has 0 atom stereocenters. The van der Waals surface area contributed by atoms with Gasteiger partial charge in [0, 0.05) is 24.9 Å². The predicted molar refractivity (Wildman–Crippen MR) is 66.7 cm³/mol. The van der Waals surface area contributed by atoms with Gasteiger partial charge in [-0.25, -0.2) is 4.79 Å². The maximum atomic E-state index is 10.7. The van der Waals surface area contributed by atoms with E-state index < -0.39 is 5.97 Å². The van der Waals surface area contributed by atoms with Crippen LogP contribution in [0.4, 0.5) is 0 Å². The number of nitrogens with zero attached hydrogens (tertiary/aromatic N) is 1. The number of pyridine rings is 1. The predicted octanol–water partition coefficient (Wildman–Crippen LogP) is 1.90. The Morgan fingerprint density at radius 2 is 2.35 bits per heavy atom. The molecule has 0 fully saturated rings. The van der Waals surface area contributed by atoms with Crippen molar-refractivity contribution in [2.75, 3.05) is 6.54 Å². The molecule has 1 heterocycles. The summed E-state index contributed by atoms with van der Waals surface area (Å²) in [5.74, 6) is -0.844. The minimum atomic E-state index is -0.844. The molecule has 0 bridgehead atoms. The fraction of sp³-hybridized carbons (Fsp3) is 0.385. The van der Waals surface area contributed by atoms with Crippen molar-refractivity contribution in [1.29, 1.82) is 0 Å². The highest BCUT2D eigenvalue weighted by Crippen LogP contribution is 2.02. The van der Waals surface area contributed by atoms with E-state index in [1.165, 1.54) is 0 Å². The summed E-state index contributed by atoms with van der Waals surface area (Å²) in [6.07, 6.45) is 4.01. The molecule has 2 N–H and O–H groups in total. The van der Waals surface area contributed by atoms with Crippen molar-refractivity contribution < 1.29 is 9.90 Å². The third-order valence-electron chi connectivity index (χ3n) is 2.56. The summed E-state index contributed by atoms with van der Waals surface area (Å²) < 4.78 is 0. The third-order valence-corrected chi connectivity index (χ3v) is 2.56. The first-order valence-corrected chi connectivity index (χ1v) is 5.68. The van der Waals surface area contributed by atoms with Gasteiger partial charge >= 0.3 is 5.97 Å². The van der Waals surface area contributed by atoms with Gasteiger partial charge in [0.1, 0.15) is 0 Å². The first kappa shape index (κ1) is 13.4. The Morgan fingerprint density at radius 1 is 1.59 bits per heavy atom. The molecule has 17 heavy (non-hydrogen) atoms. The van der Waals surface area contributed by atoms with Crippen LogP contribution in [0.25, 0.3) is 0 Å². The smallest absolute Gasteiger partial charge is 0.331 e. The van der Waals surface area contributed by atoms with Crippen LogP contribution in [-0.4, -0.2) is 22.6 Å². The summed E-state index contributed by atoms with van der Waals surface area (Å²) in [7, 11) is 0. The van der Waals surface area contributed by atoms with E-state index in [0.717, 1.165) is 11.3 Å². The van der Waals surface area contributed by atoms with Crippen LogP contribution in [0.15, 0.2) is 30.0 Å². The molecular formula is C13H18N2O2. The highest BCUT2D eigenvalue weighted by atomic mass is 16.4. The van der Waals surface area contributed by atoms with Gasteiger partial charge in [0.25, 0.3) is 0 Å². The monoisotopic (exact) mass is 234 g/mol. The lowest BCUT2D eigenvalue weighted by molar-refractivity contribution is -0.132. The SMILES string of the molecule is CC/C(=C/CNCc1ncccc1C)C(=O)O. The van der Waals surface area contributed by atoms with Crippen LogP contribution < -0.4 is 5.32 Å². The van der Waals surface area contributed by atoms with Gasteiger partial charge in [-0.3, -0.25) is 4.98 Å². The maximum absolute atomic E-state index is 10.7. The lowest BCUT2D eigenvalue weighted by Gasteiger charge is -2.05. The lowest BCUT2D eigenvalue weighted by atomic mass is 10.2. The van der Waals surface area contributed by atoms with Crippen molar-refractivity contribution in [3.8, 4) is 0 Å². The van der Waals surface area contributed by atoms with Gasteiger partial charge < -0.3 is 10.4 Å². The number of hydrogen-bond donors (Lipinski definition) is 2. The fourth-order valence-electron chi connectivity index (χ4n) is 1.47. The summed E-state index contributed by atoms with van der Waals surface area (Å²) in [6, 6.07) is 3.91. The molecule has 1 aromatic rings. The van der Waals surface area contributed by atoms with Gasteiger partial charge in [0.05, 0.1) is 5.69 Å². The average molecular weight is 234 g/mol. The number of aliphatic carboxylic acids is 1. The molecule has 0 unspecified atom stereocenters. The van der Waals surface area contributed by atoms with Crippen LogP contribution in [0.3, 0.4) is 0 Å². The molecule has 4 heteroatoms. The van der Waals surface area contributed by atoms with Crippen molar-refractivity contribution >= 4 is 5.97 Å². The Kier molecular flexibility index (Phi) is 5.36. The zero-order chi connectivity index (χ0) is 12.7. The van der Waals surface area contributed by atoms with E-state index in [1.54, 1.807) is 12.3 Å². The van der Waals surface area contributed by atoms with Gasteiger partial charge in [-0.15, -0.1) is 0 Å². The molecule has 92 valence electrons. The first-order valence-electron chi connectivity index (χ1n) is 5.68. The molecule has 0 spiro atoms. The quantitative estimate of drug-likeness (QED) is 0.583.